The molecule has 0 spiro atoms. The summed E-state index contributed by atoms with van der Waals surface area (Å²) in [5.74, 6) is -4.33. The second-order valence-electron chi connectivity index (χ2n) is 37.4. The lowest BCUT2D eigenvalue weighted by atomic mass is 9.87. The molecule has 0 aromatic heterocycles. The number of nitrogens with zero attached hydrogens (tertiary/aromatic N) is 5. The number of alkyl carbamates (subject to hydrolysis) is 1. The van der Waals surface area contributed by atoms with Crippen LogP contribution in [0.1, 0.15) is 238 Å². The molecule has 13 fully saturated rings. The molecule has 13 aliphatic rings. The fourth-order valence-corrected chi connectivity index (χ4v) is 18.7. The molecule has 1 aromatic rings. The molecule has 32 nitrogen and oxygen atoms in total. The number of carboxylic acids is 1. The van der Waals surface area contributed by atoms with Crippen molar-refractivity contribution in [2.24, 2.45) is 23.7 Å². The Bertz CT molecular complexity index is 3600. The summed E-state index contributed by atoms with van der Waals surface area (Å²) in [6.45, 7) is 27.6. The predicted octanol–water partition coefficient (Wildman–Crippen LogP) is 9.42. The van der Waals surface area contributed by atoms with Crippen molar-refractivity contribution in [3.05, 3.63) is 35.9 Å². The number of carbonyl (C=O) groups excluding carboxylic acids is 11. The van der Waals surface area contributed by atoms with Gasteiger partial charge in [-0.05, 0) is 206 Å². The first kappa shape index (κ1) is 89.8. The van der Waals surface area contributed by atoms with E-state index in [1.165, 1.54) is 19.1 Å². The maximum atomic E-state index is 12.3. The first-order chi connectivity index (χ1) is 53.1. The van der Waals surface area contributed by atoms with Gasteiger partial charge < -0.3 is 98.2 Å². The predicted molar refractivity (Wildman–Crippen MR) is 408 cm³/mol. The third-order valence-electron chi connectivity index (χ3n) is 23.1. The van der Waals surface area contributed by atoms with Crippen molar-refractivity contribution in [1.82, 2.24) is 35.1 Å². The SMILES string of the molecule is CC(C)(C)OC(=O)N1[C@@H]2CC[C@H]1CC(=O)C2.CC(C)(C)OC(=O)N1[C@H]2CC[C@@H]1[C@@H]1CC(=O)O[C@@H]1C2.CC(C)(C)OC(=O)N1[C@H]2CC[C@@H]1[C@H](C(=O)O)[C@H](O)C2.COC(=O)C1C(=O)C[C@@H]2CC[C@H]1N2C(=O)OC(C)(C)C.COC(=O)[C@@H]1[C@H](O)C[C@@H]2CC[C@H]1N2C(=O)OC(C)(C)C.O=C(N[C@@H]1[C@H](O)CC2CC[C@H]1N2)OCc1ccccc1. The van der Waals surface area contributed by atoms with E-state index >= 15 is 0 Å². The van der Waals surface area contributed by atoms with Crippen LogP contribution >= 0.6 is 0 Å². The van der Waals surface area contributed by atoms with E-state index in [2.05, 4.69) is 10.6 Å². The first-order valence-electron chi connectivity index (χ1n) is 40.6. The monoisotopic (exact) mass is 1610 g/mol. The van der Waals surface area contributed by atoms with E-state index in [1.54, 1.807) is 56.2 Å². The number of piperidine rings is 6. The van der Waals surface area contributed by atoms with Gasteiger partial charge in [0, 0.05) is 86.0 Å². The van der Waals surface area contributed by atoms with Crippen LogP contribution in [0.2, 0.25) is 0 Å². The molecule has 0 radical (unpaired) electrons. The summed E-state index contributed by atoms with van der Waals surface area (Å²) in [6.07, 6.45) is 9.51. The highest BCUT2D eigenvalue weighted by atomic mass is 16.6. The Morgan fingerprint density at radius 3 is 1.36 bits per heavy atom. The molecule has 21 atom stereocenters. The van der Waals surface area contributed by atoms with Gasteiger partial charge in [-0.2, -0.15) is 0 Å². The Morgan fingerprint density at radius 1 is 0.465 bits per heavy atom. The zero-order valence-corrected chi connectivity index (χ0v) is 69.5. The number of aliphatic carboxylic acids is 1. The molecular weight excluding hydrogens is 1480 g/mol. The molecule has 2 unspecified atom stereocenters. The number of nitrogens with one attached hydrogen (secondary N) is 2. The molecular formula is C82H125N7O25. The van der Waals surface area contributed by atoms with E-state index in [9.17, 15) is 78.0 Å². The summed E-state index contributed by atoms with van der Waals surface area (Å²) in [4.78, 5) is 151. The number of methoxy groups -OCH3 is 2. The average Bonchev–Trinajstić information content (AvgIpc) is 1.63. The number of esters is 3. The Kier molecular flexibility index (Phi) is 28.8. The number of hydrogen-bond acceptors (Lipinski definition) is 25. The van der Waals surface area contributed by atoms with Gasteiger partial charge in [-0.15, -0.1) is 0 Å². The van der Waals surface area contributed by atoms with Gasteiger partial charge in [0.25, 0.3) is 0 Å². The van der Waals surface area contributed by atoms with Crippen LogP contribution in [0, 0.1) is 23.7 Å². The molecule has 0 aliphatic carbocycles. The number of carbonyl (C=O) groups is 12. The zero-order chi connectivity index (χ0) is 84.2. The van der Waals surface area contributed by atoms with Gasteiger partial charge in [0.05, 0.1) is 63.1 Å². The molecule has 638 valence electrons. The molecule has 114 heavy (non-hydrogen) atoms. The van der Waals surface area contributed by atoms with Crippen molar-refractivity contribution in [1.29, 1.82) is 0 Å². The van der Waals surface area contributed by atoms with Crippen LogP contribution in [0.25, 0.3) is 0 Å². The highest BCUT2D eigenvalue weighted by Crippen LogP contribution is 2.47. The summed E-state index contributed by atoms with van der Waals surface area (Å²) in [5.41, 5.74) is -1.77. The Morgan fingerprint density at radius 2 is 0.877 bits per heavy atom. The Balaban J connectivity index is 0.000000157. The minimum atomic E-state index is -1.05. The second kappa shape index (κ2) is 36.6. The average molecular weight is 1610 g/mol. The van der Waals surface area contributed by atoms with Crippen LogP contribution in [0.4, 0.5) is 28.8 Å². The van der Waals surface area contributed by atoms with Crippen LogP contribution < -0.4 is 10.6 Å². The molecule has 1 aromatic carbocycles. The number of amides is 6. The number of hydrogen-bond donors (Lipinski definition) is 6. The smallest absolute Gasteiger partial charge is 0.410 e. The molecule has 6 N–H and O–H groups in total. The molecule has 6 amide bonds. The van der Waals surface area contributed by atoms with Crippen LogP contribution in [0.3, 0.4) is 0 Å². The van der Waals surface area contributed by atoms with E-state index in [-0.39, 0.29) is 115 Å². The molecule has 13 saturated heterocycles. The number of rotatable bonds is 6. The molecule has 0 saturated carbocycles. The number of carboxylic acid groups (broad SMARTS) is 1. The summed E-state index contributed by atoms with van der Waals surface area (Å²) >= 11 is 0. The molecule has 12 bridgehead atoms. The highest BCUT2D eigenvalue weighted by Gasteiger charge is 2.58. The van der Waals surface area contributed by atoms with Gasteiger partial charge in [0.15, 0.2) is 5.78 Å². The number of fused-ring (bicyclic) bond motifs is 14. The Hall–Kier alpha value is -8.10. The molecule has 14 rings (SSSR count). The first-order valence-corrected chi connectivity index (χ1v) is 40.6. The van der Waals surface area contributed by atoms with E-state index in [4.69, 9.17) is 42.6 Å². The lowest BCUT2D eigenvalue weighted by Gasteiger charge is -2.41. The lowest BCUT2D eigenvalue weighted by Crippen LogP contribution is -2.59. The van der Waals surface area contributed by atoms with Gasteiger partial charge >= 0.3 is 60.4 Å². The largest absolute Gasteiger partial charge is 0.481 e. The van der Waals surface area contributed by atoms with E-state index < -0.39 is 118 Å². The third kappa shape index (κ3) is 22.8. The van der Waals surface area contributed by atoms with Crippen LogP contribution in [0.5, 0.6) is 0 Å². The van der Waals surface area contributed by atoms with Crippen LogP contribution in [0.15, 0.2) is 30.3 Å². The maximum Gasteiger partial charge on any atom is 0.410 e. The number of ether oxygens (including phenoxy) is 9. The summed E-state index contributed by atoms with van der Waals surface area (Å²) in [5, 5.41) is 45.5. The van der Waals surface area contributed by atoms with Crippen LogP contribution in [-0.4, -0.2) is 262 Å². The van der Waals surface area contributed by atoms with Crippen molar-refractivity contribution >= 4 is 72.0 Å². The van der Waals surface area contributed by atoms with Gasteiger partial charge in [-0.1, -0.05) is 30.3 Å². The lowest BCUT2D eigenvalue weighted by molar-refractivity contribution is -0.156. The van der Waals surface area contributed by atoms with Gasteiger partial charge in [0.1, 0.15) is 64.3 Å². The number of ketones is 2. The van der Waals surface area contributed by atoms with Crippen molar-refractivity contribution in [2.45, 2.75) is 370 Å². The molecule has 13 heterocycles. The van der Waals surface area contributed by atoms with Crippen molar-refractivity contribution < 1.29 is 121 Å². The highest BCUT2D eigenvalue weighted by molar-refractivity contribution is 6.02. The quantitative estimate of drug-likeness (QED) is 0.0876. The van der Waals surface area contributed by atoms with Gasteiger partial charge in [-0.25, -0.2) is 28.8 Å². The summed E-state index contributed by atoms with van der Waals surface area (Å²) in [6, 6.07) is 8.79. The van der Waals surface area contributed by atoms with E-state index in [0.29, 0.717) is 63.8 Å². The van der Waals surface area contributed by atoms with Crippen molar-refractivity contribution in [3.63, 3.8) is 0 Å². The topological polar surface area (TPSA) is 409 Å². The van der Waals surface area contributed by atoms with E-state index in [0.717, 1.165) is 69.8 Å². The number of benzene rings is 1. The normalized spacial score (nSPS) is 32.5. The maximum absolute atomic E-state index is 12.3. The number of Topliss-reactive ketones (excluding diaryl/α,β-unsaturated/α-hetero) is 2. The summed E-state index contributed by atoms with van der Waals surface area (Å²) in [7, 11) is 2.56. The van der Waals surface area contributed by atoms with Crippen LogP contribution in [-0.2, 0) is 78.0 Å². The molecule has 13 aliphatic heterocycles. The molecule has 32 heteroatoms. The standard InChI is InChI=1S/C15H20N2O3.C14H23NO5.C14H21NO5.C14H21NO4.C13H21NO5.C12H19NO3/c18-13-8-11-6-7-12(16-11)14(13)17-15(19)20-9-10-4-2-1-3-5-10;2*1-14(2,3)20-13(18)15-8-5-6-9(15)11(10(16)7-8)12(17)19-4;1-14(2,3)19-13(17)15-8-4-5-10(15)9-7-12(16)18-11(9)6-8;1-13(2,3)19-12(18)14-7-4-5-8(14)10(11(16)17)9(15)6-7;1-12(2,3)16-11(15)13-8-4-5-9(13)7-10(14)6-8/h1-5,11-14,16,18H,6-9H2,(H,17,19);8-11,16H,5-7H2,1-4H3;8-9,11H,5-7H2,1-4H3;8-11H,4-7H2,1-3H3;7-10,15H,4-6H2,1-3H3,(H,16,17);8-9H,4-7H2,1-3H3/t11?,12-,13-,14+;8-,9+,10+,11-;8-,9+,11?;8-,9-,10+,11+;7-,8+,9+,10-;8-,9+/m10000./s1. The van der Waals surface area contributed by atoms with Crippen molar-refractivity contribution in [3.8, 4) is 0 Å². The zero-order valence-electron chi connectivity index (χ0n) is 69.5. The minimum absolute atomic E-state index is 0.0173. The minimum Gasteiger partial charge on any atom is -0.481 e. The van der Waals surface area contributed by atoms with Crippen molar-refractivity contribution in [2.75, 3.05) is 14.2 Å². The van der Waals surface area contributed by atoms with Gasteiger partial charge in [0.2, 0.25) is 0 Å². The number of aliphatic hydroxyl groups excluding tert-OH is 3. The Labute approximate surface area is 668 Å². The second-order valence-corrected chi connectivity index (χ2v) is 37.4. The van der Waals surface area contributed by atoms with E-state index in [1.807, 2.05) is 97.5 Å². The summed E-state index contributed by atoms with van der Waals surface area (Å²) < 4.78 is 47.0. The number of aliphatic hydroxyl groups is 3. The fourth-order valence-electron chi connectivity index (χ4n) is 18.7. The van der Waals surface area contributed by atoms with Gasteiger partial charge in [-0.3, -0.25) is 28.8 Å². The fraction of sp³-hybridized carbons (Fsp3) is 0.780. The third-order valence-corrected chi connectivity index (χ3v) is 23.1.